The lowest BCUT2D eigenvalue weighted by atomic mass is 9.96. The van der Waals surface area contributed by atoms with Gasteiger partial charge in [-0.2, -0.15) is 0 Å². The summed E-state index contributed by atoms with van der Waals surface area (Å²) in [6, 6.07) is 10.7. The van der Waals surface area contributed by atoms with Gasteiger partial charge in [-0.05, 0) is 41.3 Å². The van der Waals surface area contributed by atoms with E-state index in [0.717, 1.165) is 11.1 Å². The molecule has 0 saturated carbocycles. The third-order valence-electron chi connectivity index (χ3n) is 6.76. The zero-order valence-corrected chi connectivity index (χ0v) is 21.8. The first-order valence-electron chi connectivity index (χ1n) is 12.6. The number of hydrogen-bond donors (Lipinski definition) is 1. The minimum Gasteiger partial charge on any atom is -0.375 e. The van der Waals surface area contributed by atoms with Crippen LogP contribution < -0.4 is 5.32 Å². The summed E-state index contributed by atoms with van der Waals surface area (Å²) in [4.78, 5) is 43.0. The van der Waals surface area contributed by atoms with Crippen molar-refractivity contribution >= 4 is 17.8 Å². The van der Waals surface area contributed by atoms with Crippen LogP contribution >= 0.6 is 0 Å². The highest BCUT2D eigenvalue weighted by Gasteiger charge is 2.51. The topological polar surface area (TPSA) is 85.4 Å². The number of ether oxygens (including phenoxy) is 1. The lowest BCUT2D eigenvalue weighted by molar-refractivity contribution is -0.190. The van der Waals surface area contributed by atoms with Crippen LogP contribution in [-0.4, -0.2) is 83.2 Å². The van der Waals surface area contributed by atoms with Crippen LogP contribution in [0.25, 0.3) is 0 Å². The summed E-state index contributed by atoms with van der Waals surface area (Å²) in [5.74, 6) is -1.27. The SMILES string of the molecule is CC(C)[C@H]1C(=O)N(CCOCc2ccc(F)cc2)C[C@H]2N1C(=O)CN(C)N2C(=O)NCc1ccc(F)cc1. The summed E-state index contributed by atoms with van der Waals surface area (Å²) in [6.45, 7) is 4.79. The Kier molecular flexibility index (Phi) is 8.58. The Morgan fingerprint density at radius 1 is 1.03 bits per heavy atom. The molecule has 204 valence electrons. The van der Waals surface area contributed by atoms with Gasteiger partial charge in [-0.15, -0.1) is 0 Å². The Hall–Kier alpha value is -3.57. The van der Waals surface area contributed by atoms with Crippen molar-refractivity contribution in [2.24, 2.45) is 5.92 Å². The molecule has 2 aliphatic heterocycles. The van der Waals surface area contributed by atoms with Crippen LogP contribution in [0.5, 0.6) is 0 Å². The number of urea groups is 1. The third-order valence-corrected chi connectivity index (χ3v) is 6.76. The van der Waals surface area contributed by atoms with Crippen molar-refractivity contribution in [1.82, 2.24) is 25.1 Å². The van der Waals surface area contributed by atoms with Crippen molar-refractivity contribution in [2.45, 2.75) is 39.2 Å². The number of fused-ring (bicyclic) bond motifs is 1. The van der Waals surface area contributed by atoms with Gasteiger partial charge in [0.25, 0.3) is 0 Å². The largest absolute Gasteiger partial charge is 0.375 e. The molecule has 2 aromatic carbocycles. The zero-order chi connectivity index (χ0) is 27.4. The van der Waals surface area contributed by atoms with E-state index in [9.17, 15) is 23.2 Å². The highest BCUT2D eigenvalue weighted by molar-refractivity contribution is 5.91. The van der Waals surface area contributed by atoms with Crippen LogP contribution in [0.15, 0.2) is 48.5 Å². The number of likely N-dealkylation sites (N-methyl/N-ethyl adjacent to an activating group) is 1. The van der Waals surface area contributed by atoms with Crippen molar-refractivity contribution < 1.29 is 27.9 Å². The molecule has 0 aliphatic carbocycles. The molecule has 38 heavy (non-hydrogen) atoms. The molecule has 4 amide bonds. The second kappa shape index (κ2) is 11.9. The number of rotatable bonds is 8. The van der Waals surface area contributed by atoms with Crippen LogP contribution in [0.1, 0.15) is 25.0 Å². The van der Waals surface area contributed by atoms with E-state index in [-0.39, 0.29) is 68.8 Å². The minimum absolute atomic E-state index is 0.0439. The molecule has 0 unspecified atom stereocenters. The maximum Gasteiger partial charge on any atom is 0.334 e. The number of nitrogens with one attached hydrogen (secondary N) is 1. The molecule has 2 aromatic rings. The maximum absolute atomic E-state index is 13.4. The molecule has 2 saturated heterocycles. The monoisotopic (exact) mass is 529 g/mol. The molecule has 0 aromatic heterocycles. The first kappa shape index (κ1) is 27.5. The minimum atomic E-state index is -0.723. The summed E-state index contributed by atoms with van der Waals surface area (Å²) >= 11 is 0. The van der Waals surface area contributed by atoms with E-state index < -0.39 is 18.2 Å². The maximum atomic E-state index is 13.4. The van der Waals surface area contributed by atoms with E-state index in [1.807, 2.05) is 13.8 Å². The van der Waals surface area contributed by atoms with Gasteiger partial charge < -0.3 is 19.9 Å². The normalized spacial score (nSPS) is 20.2. The lowest BCUT2D eigenvalue weighted by Crippen LogP contribution is -2.76. The molecule has 2 aliphatic rings. The first-order valence-corrected chi connectivity index (χ1v) is 12.6. The van der Waals surface area contributed by atoms with Gasteiger partial charge in [0.15, 0.2) is 0 Å². The molecule has 0 radical (unpaired) electrons. The van der Waals surface area contributed by atoms with Crippen LogP contribution in [0.4, 0.5) is 13.6 Å². The molecule has 2 fully saturated rings. The highest BCUT2D eigenvalue weighted by Crippen LogP contribution is 2.29. The number of piperazine rings is 1. The van der Waals surface area contributed by atoms with Gasteiger partial charge in [0, 0.05) is 20.1 Å². The Morgan fingerprint density at radius 2 is 1.63 bits per heavy atom. The standard InChI is InChI=1S/C27H33F2N5O4/c1-18(2)25-26(36)32(12-13-38-17-20-6-10-22(29)11-7-20)15-23-33(25)24(35)16-31(3)34(23)27(37)30-14-19-4-8-21(28)9-5-19/h4-11,18,23,25H,12-17H2,1-3H3,(H,30,37)/t23-,25-/m0/s1. The number of hydrazine groups is 1. The molecular formula is C27H33F2N5O4. The number of carbonyl (C=O) groups is 3. The number of hydrogen-bond acceptors (Lipinski definition) is 5. The van der Waals surface area contributed by atoms with E-state index in [2.05, 4.69) is 5.32 Å². The van der Waals surface area contributed by atoms with Gasteiger partial charge in [0.05, 0.1) is 26.3 Å². The van der Waals surface area contributed by atoms with Crippen molar-refractivity contribution in [3.05, 3.63) is 71.3 Å². The molecule has 2 atom stereocenters. The second-order valence-corrected chi connectivity index (χ2v) is 9.88. The summed E-state index contributed by atoms with van der Waals surface area (Å²) in [5, 5.41) is 5.87. The van der Waals surface area contributed by atoms with E-state index in [1.54, 1.807) is 41.2 Å². The van der Waals surface area contributed by atoms with Crippen LogP contribution in [0, 0.1) is 17.6 Å². The van der Waals surface area contributed by atoms with Gasteiger partial charge >= 0.3 is 6.03 Å². The Balaban J connectivity index is 1.46. The van der Waals surface area contributed by atoms with Gasteiger partial charge in [-0.1, -0.05) is 38.1 Å². The molecule has 0 spiro atoms. The van der Waals surface area contributed by atoms with Crippen molar-refractivity contribution in [2.75, 3.05) is 33.3 Å². The molecule has 11 heteroatoms. The van der Waals surface area contributed by atoms with E-state index in [4.69, 9.17) is 4.74 Å². The molecule has 1 N–H and O–H groups in total. The smallest absolute Gasteiger partial charge is 0.334 e. The first-order chi connectivity index (χ1) is 18.2. The van der Waals surface area contributed by atoms with Crippen molar-refractivity contribution in [3.8, 4) is 0 Å². The summed E-state index contributed by atoms with van der Waals surface area (Å²) in [5.41, 5.74) is 1.54. The van der Waals surface area contributed by atoms with E-state index in [1.165, 1.54) is 34.2 Å². The van der Waals surface area contributed by atoms with Gasteiger partial charge in [-0.25, -0.2) is 23.6 Å². The predicted molar refractivity (Wildman–Crippen MR) is 135 cm³/mol. The fraction of sp³-hybridized carbons (Fsp3) is 0.444. The molecule has 9 nitrogen and oxygen atoms in total. The summed E-state index contributed by atoms with van der Waals surface area (Å²) < 4.78 is 32.1. The molecular weight excluding hydrogens is 496 g/mol. The zero-order valence-electron chi connectivity index (χ0n) is 21.8. The van der Waals surface area contributed by atoms with Gasteiger partial charge in [-0.3, -0.25) is 9.59 Å². The van der Waals surface area contributed by atoms with Gasteiger partial charge in [0.2, 0.25) is 11.8 Å². The Morgan fingerprint density at radius 3 is 2.24 bits per heavy atom. The lowest BCUT2D eigenvalue weighted by Gasteiger charge is -2.55. The van der Waals surface area contributed by atoms with Crippen LogP contribution in [0.3, 0.4) is 0 Å². The fourth-order valence-corrected chi connectivity index (χ4v) is 4.87. The molecule has 4 rings (SSSR count). The second-order valence-electron chi connectivity index (χ2n) is 9.88. The number of carbonyl (C=O) groups excluding carboxylic acids is 3. The van der Waals surface area contributed by atoms with E-state index >= 15 is 0 Å². The summed E-state index contributed by atoms with van der Waals surface area (Å²) in [7, 11) is 1.66. The van der Waals surface area contributed by atoms with Gasteiger partial charge in [0.1, 0.15) is 23.8 Å². The summed E-state index contributed by atoms with van der Waals surface area (Å²) in [6.07, 6.45) is -0.698. The van der Waals surface area contributed by atoms with Crippen LogP contribution in [0.2, 0.25) is 0 Å². The number of halogens is 2. The molecule has 0 bridgehead atoms. The third kappa shape index (κ3) is 6.11. The molecule has 2 heterocycles. The highest BCUT2D eigenvalue weighted by atomic mass is 19.1. The Labute approximate surface area is 220 Å². The quantitative estimate of drug-likeness (QED) is 0.532. The number of amides is 4. The average Bonchev–Trinajstić information content (AvgIpc) is 2.87. The number of nitrogens with zero attached hydrogens (tertiary/aromatic N) is 4. The number of benzene rings is 2. The van der Waals surface area contributed by atoms with Crippen molar-refractivity contribution in [3.63, 3.8) is 0 Å². The van der Waals surface area contributed by atoms with E-state index in [0.29, 0.717) is 0 Å². The fourth-order valence-electron chi connectivity index (χ4n) is 4.87. The van der Waals surface area contributed by atoms with Crippen molar-refractivity contribution in [1.29, 1.82) is 0 Å². The Bertz CT molecular complexity index is 1150. The van der Waals surface area contributed by atoms with Crippen LogP contribution in [-0.2, 0) is 27.5 Å². The predicted octanol–water partition coefficient (Wildman–Crippen LogP) is 2.58. The average molecular weight is 530 g/mol.